The highest BCUT2D eigenvalue weighted by Gasteiger charge is 2.22. The monoisotopic (exact) mass is 451 g/mol. The number of piperidine rings is 1. The quantitative estimate of drug-likeness (QED) is 0.630. The van der Waals surface area contributed by atoms with Gasteiger partial charge in [-0.25, -0.2) is 4.79 Å². The highest BCUT2D eigenvalue weighted by Crippen LogP contribution is 2.22. The molecule has 1 aliphatic heterocycles. The molecule has 2 aromatic rings. The number of hydrogen-bond donors (Lipinski definition) is 2. The zero-order valence-corrected chi connectivity index (χ0v) is 19.1. The Morgan fingerprint density at radius 1 is 1.03 bits per heavy atom. The van der Waals surface area contributed by atoms with Crippen molar-refractivity contribution >= 4 is 35.1 Å². The van der Waals surface area contributed by atoms with Gasteiger partial charge >= 0.3 is 5.97 Å². The number of hydrogen-bond acceptors (Lipinski definition) is 5. The Morgan fingerprint density at radius 3 is 2.33 bits per heavy atom. The van der Waals surface area contributed by atoms with Crippen LogP contribution >= 0.6 is 0 Å². The minimum absolute atomic E-state index is 0.0727. The molecule has 0 bridgehead atoms. The Hall–Kier alpha value is -3.68. The first-order valence-corrected chi connectivity index (χ1v) is 11.0. The molecule has 1 atom stereocenters. The molecule has 1 unspecified atom stereocenters. The van der Waals surface area contributed by atoms with Crippen molar-refractivity contribution in [2.24, 2.45) is 0 Å². The van der Waals surface area contributed by atoms with Crippen LogP contribution < -0.4 is 15.5 Å². The maximum Gasteiger partial charge on any atom is 0.338 e. The van der Waals surface area contributed by atoms with Crippen molar-refractivity contribution in [3.8, 4) is 0 Å². The third-order valence-corrected chi connectivity index (χ3v) is 5.56. The first-order valence-electron chi connectivity index (χ1n) is 11.0. The number of benzene rings is 2. The molecule has 0 spiro atoms. The highest BCUT2D eigenvalue weighted by atomic mass is 16.5. The molecule has 2 aromatic carbocycles. The molecular weight excluding hydrogens is 422 g/mol. The molecule has 174 valence electrons. The number of nitrogens with zero attached hydrogens (tertiary/aromatic N) is 1. The summed E-state index contributed by atoms with van der Waals surface area (Å²) in [6.07, 6.45) is 1.30. The Morgan fingerprint density at radius 2 is 1.70 bits per heavy atom. The van der Waals surface area contributed by atoms with Gasteiger partial charge in [-0.2, -0.15) is 0 Å². The summed E-state index contributed by atoms with van der Waals surface area (Å²) < 4.78 is 5.23. The lowest BCUT2D eigenvalue weighted by Gasteiger charge is -2.26. The number of nitrogens with one attached hydrogen (secondary N) is 2. The van der Waals surface area contributed by atoms with Gasteiger partial charge in [0, 0.05) is 24.3 Å². The molecule has 1 saturated heterocycles. The summed E-state index contributed by atoms with van der Waals surface area (Å²) in [4.78, 5) is 50.6. The number of carbonyl (C=O) groups is 4. The Kier molecular flexibility index (Phi) is 7.82. The van der Waals surface area contributed by atoms with E-state index in [4.69, 9.17) is 4.74 Å². The Balaban J connectivity index is 1.49. The summed E-state index contributed by atoms with van der Waals surface area (Å²) in [5.74, 6) is -1.53. The van der Waals surface area contributed by atoms with E-state index in [9.17, 15) is 19.2 Å². The van der Waals surface area contributed by atoms with Crippen molar-refractivity contribution in [2.75, 3.05) is 23.3 Å². The molecule has 33 heavy (non-hydrogen) atoms. The molecule has 0 aliphatic carbocycles. The molecule has 8 heteroatoms. The van der Waals surface area contributed by atoms with Gasteiger partial charge in [-0.05, 0) is 69.0 Å². The van der Waals surface area contributed by atoms with Gasteiger partial charge < -0.3 is 20.3 Å². The lowest BCUT2D eigenvalue weighted by molar-refractivity contribution is -0.130. The second kappa shape index (κ2) is 10.8. The Labute approximate surface area is 193 Å². The molecule has 1 fully saturated rings. The fourth-order valence-electron chi connectivity index (χ4n) is 3.64. The molecule has 0 aromatic heterocycles. The summed E-state index contributed by atoms with van der Waals surface area (Å²) >= 11 is 0. The van der Waals surface area contributed by atoms with Crippen LogP contribution in [0.25, 0.3) is 0 Å². The van der Waals surface area contributed by atoms with Crippen LogP contribution in [0.3, 0.4) is 0 Å². The molecule has 0 radical (unpaired) electrons. The molecule has 2 N–H and O–H groups in total. The van der Waals surface area contributed by atoms with Gasteiger partial charge in [0.05, 0.1) is 12.1 Å². The number of rotatable bonds is 7. The van der Waals surface area contributed by atoms with Crippen molar-refractivity contribution in [3.63, 3.8) is 0 Å². The average Bonchev–Trinajstić information content (AvgIpc) is 2.80. The predicted molar refractivity (Wildman–Crippen MR) is 125 cm³/mol. The smallest absolute Gasteiger partial charge is 0.338 e. The van der Waals surface area contributed by atoms with Crippen LogP contribution in [0, 0.1) is 13.8 Å². The van der Waals surface area contributed by atoms with E-state index in [1.807, 2.05) is 32.0 Å². The van der Waals surface area contributed by atoms with E-state index in [0.717, 1.165) is 29.7 Å². The molecule has 3 rings (SSSR count). The molecule has 1 heterocycles. The normalized spacial score (nSPS) is 14.4. The lowest BCUT2D eigenvalue weighted by Crippen LogP contribution is -2.40. The molecule has 3 amide bonds. The SMILES string of the molecule is Cc1cccc(C)c1NC(=O)CNC(=O)C(C)OC(=O)c1ccc(N2CCCCC2=O)cc1. The van der Waals surface area contributed by atoms with Crippen molar-refractivity contribution in [3.05, 3.63) is 59.2 Å². The minimum atomic E-state index is -1.08. The number of anilines is 2. The zero-order chi connectivity index (χ0) is 24.0. The van der Waals surface area contributed by atoms with Crippen LogP contribution in [-0.4, -0.2) is 42.9 Å². The number of amides is 3. The van der Waals surface area contributed by atoms with Gasteiger partial charge in [0.15, 0.2) is 6.10 Å². The summed E-state index contributed by atoms with van der Waals surface area (Å²) in [5.41, 5.74) is 3.57. The second-order valence-corrected chi connectivity index (χ2v) is 8.13. The van der Waals surface area contributed by atoms with Gasteiger partial charge in [0.2, 0.25) is 11.8 Å². The standard InChI is InChI=1S/C25H29N3O5/c1-16-7-6-8-17(2)23(16)27-21(29)15-26-24(31)18(3)33-25(32)19-10-12-20(13-11-19)28-14-5-4-9-22(28)30/h6-8,10-13,18H,4-5,9,14-15H2,1-3H3,(H,26,31)(H,27,29). The van der Waals surface area contributed by atoms with Crippen LogP contribution in [0.15, 0.2) is 42.5 Å². The number of esters is 1. The van der Waals surface area contributed by atoms with Crippen LogP contribution in [-0.2, 0) is 19.1 Å². The van der Waals surface area contributed by atoms with Crippen LogP contribution in [0.5, 0.6) is 0 Å². The fraction of sp³-hybridized carbons (Fsp3) is 0.360. The van der Waals surface area contributed by atoms with E-state index in [1.165, 1.54) is 6.92 Å². The second-order valence-electron chi connectivity index (χ2n) is 8.13. The number of ether oxygens (including phenoxy) is 1. The van der Waals surface area contributed by atoms with Crippen molar-refractivity contribution in [1.29, 1.82) is 0 Å². The van der Waals surface area contributed by atoms with E-state index < -0.39 is 18.0 Å². The van der Waals surface area contributed by atoms with E-state index in [1.54, 1.807) is 29.2 Å². The van der Waals surface area contributed by atoms with Crippen molar-refractivity contribution in [1.82, 2.24) is 5.32 Å². The molecular formula is C25H29N3O5. The van der Waals surface area contributed by atoms with Gasteiger partial charge in [-0.1, -0.05) is 18.2 Å². The summed E-state index contributed by atoms with van der Waals surface area (Å²) in [6.45, 7) is 5.64. The fourth-order valence-corrected chi connectivity index (χ4v) is 3.64. The van der Waals surface area contributed by atoms with Crippen LogP contribution in [0.2, 0.25) is 0 Å². The average molecular weight is 452 g/mol. The number of aryl methyl sites for hydroxylation is 2. The topological polar surface area (TPSA) is 105 Å². The minimum Gasteiger partial charge on any atom is -0.449 e. The summed E-state index contributed by atoms with van der Waals surface area (Å²) in [5, 5.41) is 5.27. The van der Waals surface area contributed by atoms with Gasteiger partial charge in [0.25, 0.3) is 5.91 Å². The lowest BCUT2D eigenvalue weighted by atomic mass is 10.1. The first kappa shape index (κ1) is 24.0. The Bertz CT molecular complexity index is 1030. The highest BCUT2D eigenvalue weighted by molar-refractivity contribution is 5.98. The van der Waals surface area contributed by atoms with E-state index in [-0.39, 0.29) is 23.9 Å². The first-order chi connectivity index (χ1) is 15.8. The molecule has 0 saturated carbocycles. The van der Waals surface area contributed by atoms with E-state index in [0.29, 0.717) is 18.7 Å². The third-order valence-electron chi connectivity index (χ3n) is 5.56. The van der Waals surface area contributed by atoms with Crippen LogP contribution in [0.1, 0.15) is 47.7 Å². The van der Waals surface area contributed by atoms with Crippen molar-refractivity contribution < 1.29 is 23.9 Å². The summed E-state index contributed by atoms with van der Waals surface area (Å²) in [6, 6.07) is 12.2. The van der Waals surface area contributed by atoms with Crippen LogP contribution in [0.4, 0.5) is 11.4 Å². The third kappa shape index (κ3) is 6.19. The zero-order valence-electron chi connectivity index (χ0n) is 19.1. The van der Waals surface area contributed by atoms with Gasteiger partial charge in [-0.15, -0.1) is 0 Å². The maximum absolute atomic E-state index is 12.4. The molecule has 1 aliphatic rings. The van der Waals surface area contributed by atoms with Gasteiger partial charge in [0.1, 0.15) is 0 Å². The van der Waals surface area contributed by atoms with Gasteiger partial charge in [-0.3, -0.25) is 14.4 Å². The summed E-state index contributed by atoms with van der Waals surface area (Å²) in [7, 11) is 0. The predicted octanol–water partition coefficient (Wildman–Crippen LogP) is 3.12. The largest absolute Gasteiger partial charge is 0.449 e. The van der Waals surface area contributed by atoms with Crippen molar-refractivity contribution in [2.45, 2.75) is 46.1 Å². The van der Waals surface area contributed by atoms with E-state index >= 15 is 0 Å². The maximum atomic E-state index is 12.4. The number of carbonyl (C=O) groups excluding carboxylic acids is 4. The van der Waals surface area contributed by atoms with E-state index in [2.05, 4.69) is 10.6 Å². The number of para-hydroxylation sites is 1. The molecule has 8 nitrogen and oxygen atoms in total.